The van der Waals surface area contributed by atoms with E-state index in [0.29, 0.717) is 25.0 Å². The van der Waals surface area contributed by atoms with Gasteiger partial charge >= 0.3 is 6.01 Å². The Hall–Kier alpha value is -1.66. The standard InChI is InChI=1S/C14H18ClFN4O/c1-14(2,3)18-8-12-19-20-13(21-12)17-7-9-4-5-11(16)10(15)6-9/h4-6,18H,7-8H2,1-3H3,(H,17,20). The summed E-state index contributed by atoms with van der Waals surface area (Å²) in [5.74, 6) is 0.0679. The monoisotopic (exact) mass is 312 g/mol. The zero-order valence-electron chi connectivity index (χ0n) is 12.2. The first kappa shape index (κ1) is 15.7. The van der Waals surface area contributed by atoms with Gasteiger partial charge in [-0.15, -0.1) is 5.10 Å². The maximum Gasteiger partial charge on any atom is 0.315 e. The van der Waals surface area contributed by atoms with E-state index in [1.165, 1.54) is 6.07 Å². The number of nitrogens with zero attached hydrogens (tertiary/aromatic N) is 2. The molecule has 0 aliphatic heterocycles. The lowest BCUT2D eigenvalue weighted by atomic mass is 10.1. The van der Waals surface area contributed by atoms with Gasteiger partial charge in [0.15, 0.2) is 0 Å². The second kappa shape index (κ2) is 6.41. The number of aromatic nitrogens is 2. The van der Waals surface area contributed by atoms with Crippen molar-refractivity contribution >= 4 is 17.6 Å². The lowest BCUT2D eigenvalue weighted by Crippen LogP contribution is -2.35. The molecule has 2 rings (SSSR count). The molecule has 0 aliphatic carbocycles. The number of anilines is 1. The summed E-state index contributed by atoms with van der Waals surface area (Å²) in [6, 6.07) is 4.85. The minimum atomic E-state index is -0.436. The third kappa shape index (κ3) is 4.99. The molecule has 0 fully saturated rings. The van der Waals surface area contributed by atoms with Crippen LogP contribution < -0.4 is 10.6 Å². The Morgan fingerprint density at radius 1 is 1.24 bits per heavy atom. The van der Waals surface area contributed by atoms with Crippen molar-refractivity contribution in [3.05, 3.63) is 40.5 Å². The third-order valence-electron chi connectivity index (χ3n) is 2.66. The molecule has 0 bridgehead atoms. The number of nitrogens with one attached hydrogen (secondary N) is 2. The summed E-state index contributed by atoms with van der Waals surface area (Å²) in [7, 11) is 0. The molecule has 0 aliphatic rings. The molecule has 1 aromatic heterocycles. The van der Waals surface area contributed by atoms with Crippen LogP contribution in [0.5, 0.6) is 0 Å². The number of hydrogen-bond acceptors (Lipinski definition) is 5. The molecule has 2 aromatic rings. The highest BCUT2D eigenvalue weighted by Gasteiger charge is 2.12. The minimum Gasteiger partial charge on any atom is -0.407 e. The SMILES string of the molecule is CC(C)(C)NCc1nnc(NCc2ccc(F)c(Cl)c2)o1. The van der Waals surface area contributed by atoms with E-state index >= 15 is 0 Å². The van der Waals surface area contributed by atoms with Crippen molar-refractivity contribution in [3.8, 4) is 0 Å². The fourth-order valence-corrected chi connectivity index (χ4v) is 1.77. The van der Waals surface area contributed by atoms with Crippen LogP contribution in [-0.4, -0.2) is 15.7 Å². The number of halogens is 2. The van der Waals surface area contributed by atoms with Crippen molar-refractivity contribution in [1.82, 2.24) is 15.5 Å². The molecule has 1 aromatic carbocycles. The largest absolute Gasteiger partial charge is 0.407 e. The summed E-state index contributed by atoms with van der Waals surface area (Å²) in [6.45, 7) is 7.09. The Morgan fingerprint density at radius 3 is 2.67 bits per heavy atom. The fourth-order valence-electron chi connectivity index (χ4n) is 1.56. The van der Waals surface area contributed by atoms with E-state index in [1.807, 2.05) is 0 Å². The molecule has 1 heterocycles. The molecular formula is C14H18ClFN4O. The topological polar surface area (TPSA) is 63.0 Å². The van der Waals surface area contributed by atoms with Crippen LogP contribution in [0.1, 0.15) is 32.2 Å². The summed E-state index contributed by atoms with van der Waals surface area (Å²) in [4.78, 5) is 0. The molecule has 2 N–H and O–H groups in total. The van der Waals surface area contributed by atoms with Gasteiger partial charge in [-0.2, -0.15) is 0 Å². The van der Waals surface area contributed by atoms with E-state index in [2.05, 4.69) is 41.6 Å². The van der Waals surface area contributed by atoms with Crippen LogP contribution in [0.25, 0.3) is 0 Å². The van der Waals surface area contributed by atoms with E-state index in [0.717, 1.165) is 5.56 Å². The van der Waals surface area contributed by atoms with Gasteiger partial charge in [-0.3, -0.25) is 0 Å². The van der Waals surface area contributed by atoms with Crippen LogP contribution in [0.15, 0.2) is 22.6 Å². The predicted molar refractivity (Wildman–Crippen MR) is 79.6 cm³/mol. The molecule has 5 nitrogen and oxygen atoms in total. The highest BCUT2D eigenvalue weighted by Crippen LogP contribution is 2.17. The van der Waals surface area contributed by atoms with Gasteiger partial charge in [0.25, 0.3) is 0 Å². The van der Waals surface area contributed by atoms with Crippen LogP contribution in [0.3, 0.4) is 0 Å². The summed E-state index contributed by atoms with van der Waals surface area (Å²) in [6.07, 6.45) is 0. The van der Waals surface area contributed by atoms with E-state index in [9.17, 15) is 4.39 Å². The molecule has 0 radical (unpaired) electrons. The normalized spacial score (nSPS) is 11.7. The van der Waals surface area contributed by atoms with E-state index in [4.69, 9.17) is 16.0 Å². The molecule has 0 saturated carbocycles. The second-order valence-corrected chi connectivity index (χ2v) is 6.11. The predicted octanol–water partition coefficient (Wildman–Crippen LogP) is 3.36. The number of benzene rings is 1. The maximum atomic E-state index is 13.0. The van der Waals surface area contributed by atoms with Crippen LogP contribution in [0.4, 0.5) is 10.4 Å². The highest BCUT2D eigenvalue weighted by atomic mass is 35.5. The first-order chi connectivity index (χ1) is 9.83. The minimum absolute atomic E-state index is 0.0209. The van der Waals surface area contributed by atoms with E-state index in [-0.39, 0.29) is 10.6 Å². The molecule has 0 atom stereocenters. The van der Waals surface area contributed by atoms with Gasteiger partial charge in [0.05, 0.1) is 11.6 Å². The quantitative estimate of drug-likeness (QED) is 0.886. The first-order valence-electron chi connectivity index (χ1n) is 6.59. The summed E-state index contributed by atoms with van der Waals surface area (Å²) in [5.41, 5.74) is 0.807. The Balaban J connectivity index is 1.89. The van der Waals surface area contributed by atoms with Crippen molar-refractivity contribution in [2.75, 3.05) is 5.32 Å². The van der Waals surface area contributed by atoms with Gasteiger partial charge in [-0.1, -0.05) is 22.8 Å². The van der Waals surface area contributed by atoms with Gasteiger partial charge in [0.2, 0.25) is 5.89 Å². The zero-order chi connectivity index (χ0) is 15.5. The smallest absolute Gasteiger partial charge is 0.315 e. The fraction of sp³-hybridized carbons (Fsp3) is 0.429. The van der Waals surface area contributed by atoms with Crippen molar-refractivity contribution in [1.29, 1.82) is 0 Å². The maximum absolute atomic E-state index is 13.0. The molecule has 0 unspecified atom stereocenters. The lowest BCUT2D eigenvalue weighted by molar-refractivity contribution is 0.383. The van der Waals surface area contributed by atoms with Crippen LogP contribution in [-0.2, 0) is 13.1 Å². The van der Waals surface area contributed by atoms with Crippen LogP contribution in [0.2, 0.25) is 5.02 Å². The van der Waals surface area contributed by atoms with E-state index < -0.39 is 5.82 Å². The highest BCUT2D eigenvalue weighted by molar-refractivity contribution is 6.30. The summed E-state index contributed by atoms with van der Waals surface area (Å²) >= 11 is 5.72. The first-order valence-corrected chi connectivity index (χ1v) is 6.96. The van der Waals surface area contributed by atoms with Gasteiger partial charge in [-0.25, -0.2) is 4.39 Å². The molecular weight excluding hydrogens is 295 g/mol. The summed E-state index contributed by atoms with van der Waals surface area (Å²) < 4.78 is 18.5. The van der Waals surface area contributed by atoms with Crippen molar-refractivity contribution < 1.29 is 8.81 Å². The number of hydrogen-bond donors (Lipinski definition) is 2. The lowest BCUT2D eigenvalue weighted by Gasteiger charge is -2.18. The van der Waals surface area contributed by atoms with Crippen molar-refractivity contribution in [3.63, 3.8) is 0 Å². The number of rotatable bonds is 5. The second-order valence-electron chi connectivity index (χ2n) is 5.71. The Morgan fingerprint density at radius 2 is 2.00 bits per heavy atom. The average molecular weight is 313 g/mol. The molecule has 21 heavy (non-hydrogen) atoms. The van der Waals surface area contributed by atoms with Gasteiger partial charge in [0, 0.05) is 12.1 Å². The molecule has 0 spiro atoms. The van der Waals surface area contributed by atoms with Gasteiger partial charge in [0.1, 0.15) is 5.82 Å². The molecule has 0 saturated heterocycles. The molecule has 7 heteroatoms. The van der Waals surface area contributed by atoms with Crippen LogP contribution >= 0.6 is 11.6 Å². The van der Waals surface area contributed by atoms with Crippen molar-refractivity contribution in [2.45, 2.75) is 39.4 Å². The average Bonchev–Trinajstić information content (AvgIpc) is 2.85. The zero-order valence-corrected chi connectivity index (χ0v) is 13.0. The molecule has 114 valence electrons. The van der Waals surface area contributed by atoms with Gasteiger partial charge < -0.3 is 15.1 Å². The third-order valence-corrected chi connectivity index (χ3v) is 2.95. The van der Waals surface area contributed by atoms with E-state index in [1.54, 1.807) is 12.1 Å². The summed E-state index contributed by atoms with van der Waals surface area (Å²) in [5, 5.41) is 14.2. The van der Waals surface area contributed by atoms with Crippen molar-refractivity contribution in [2.24, 2.45) is 0 Å². The Kier molecular flexibility index (Phi) is 4.80. The Labute approximate surface area is 127 Å². The Bertz CT molecular complexity index is 609. The van der Waals surface area contributed by atoms with Crippen LogP contribution in [0, 0.1) is 5.82 Å². The van der Waals surface area contributed by atoms with Gasteiger partial charge in [-0.05, 0) is 38.5 Å². The molecule has 0 amide bonds.